The van der Waals surface area contributed by atoms with E-state index >= 15 is 0 Å². The van der Waals surface area contributed by atoms with E-state index in [1.54, 1.807) is 18.2 Å². The second-order valence-corrected chi connectivity index (χ2v) is 4.67. The van der Waals surface area contributed by atoms with Gasteiger partial charge < -0.3 is 10.4 Å². The van der Waals surface area contributed by atoms with Gasteiger partial charge in [-0.15, -0.1) is 0 Å². The molecule has 1 atom stereocenters. The summed E-state index contributed by atoms with van der Waals surface area (Å²) in [7, 11) is 0. The van der Waals surface area contributed by atoms with Crippen LogP contribution in [0.1, 0.15) is 22.8 Å². The Bertz CT molecular complexity index is 576. The van der Waals surface area contributed by atoms with Crippen molar-refractivity contribution in [1.29, 1.82) is 0 Å². The molecule has 2 aromatic carbocycles. The monoisotopic (exact) mass is 255 g/mol. The Morgan fingerprint density at radius 3 is 2.37 bits per heavy atom. The molecular weight excluding hydrogens is 238 g/mol. The van der Waals surface area contributed by atoms with Crippen LogP contribution >= 0.6 is 0 Å². The summed E-state index contributed by atoms with van der Waals surface area (Å²) < 4.78 is 0. The van der Waals surface area contributed by atoms with Gasteiger partial charge in [-0.25, -0.2) is 0 Å². The van der Waals surface area contributed by atoms with Crippen LogP contribution < -0.4 is 5.32 Å². The molecule has 1 amide bonds. The van der Waals surface area contributed by atoms with E-state index in [-0.39, 0.29) is 0 Å². The van der Waals surface area contributed by atoms with Crippen LogP contribution in [0.4, 0.5) is 5.69 Å². The van der Waals surface area contributed by atoms with Crippen molar-refractivity contribution in [1.82, 2.24) is 0 Å². The summed E-state index contributed by atoms with van der Waals surface area (Å²) in [6.45, 7) is 3.91. The van der Waals surface area contributed by atoms with Crippen LogP contribution in [-0.2, 0) is 4.79 Å². The fourth-order valence-electron chi connectivity index (χ4n) is 1.83. The summed E-state index contributed by atoms with van der Waals surface area (Å²) in [5.74, 6) is -0.422. The average molecular weight is 255 g/mol. The van der Waals surface area contributed by atoms with Gasteiger partial charge in [-0.2, -0.15) is 0 Å². The molecule has 0 spiro atoms. The number of aliphatic hydroxyl groups excluding tert-OH is 1. The zero-order chi connectivity index (χ0) is 13.8. The van der Waals surface area contributed by atoms with Crippen molar-refractivity contribution in [3.63, 3.8) is 0 Å². The number of carbonyl (C=O) groups is 1. The summed E-state index contributed by atoms with van der Waals surface area (Å²) in [5, 5.41) is 12.7. The minimum Gasteiger partial charge on any atom is -0.378 e. The van der Waals surface area contributed by atoms with Crippen molar-refractivity contribution in [2.24, 2.45) is 0 Å². The molecule has 0 saturated heterocycles. The number of anilines is 1. The Hall–Kier alpha value is -2.13. The van der Waals surface area contributed by atoms with Crippen LogP contribution in [0, 0.1) is 13.8 Å². The van der Waals surface area contributed by atoms with E-state index in [0.29, 0.717) is 11.3 Å². The molecule has 0 saturated carbocycles. The van der Waals surface area contributed by atoms with Crippen LogP contribution in [0.5, 0.6) is 0 Å². The molecule has 0 aliphatic carbocycles. The van der Waals surface area contributed by atoms with Crippen LogP contribution in [0.3, 0.4) is 0 Å². The van der Waals surface area contributed by atoms with Crippen LogP contribution in [0.2, 0.25) is 0 Å². The third-order valence-electron chi connectivity index (χ3n) is 2.93. The van der Waals surface area contributed by atoms with E-state index in [9.17, 15) is 9.90 Å². The van der Waals surface area contributed by atoms with Crippen molar-refractivity contribution in [2.75, 3.05) is 5.32 Å². The highest BCUT2D eigenvalue weighted by molar-refractivity contribution is 5.94. The minimum absolute atomic E-state index is 0.422. The van der Waals surface area contributed by atoms with Gasteiger partial charge in [-0.1, -0.05) is 42.0 Å². The van der Waals surface area contributed by atoms with E-state index < -0.39 is 12.0 Å². The highest BCUT2D eigenvalue weighted by Gasteiger charge is 2.17. The zero-order valence-corrected chi connectivity index (χ0v) is 11.1. The number of amides is 1. The maximum absolute atomic E-state index is 11.9. The Morgan fingerprint density at radius 2 is 1.74 bits per heavy atom. The molecule has 0 radical (unpaired) electrons. The maximum Gasteiger partial charge on any atom is 0.257 e. The van der Waals surface area contributed by atoms with E-state index in [4.69, 9.17) is 0 Å². The predicted octanol–water partition coefficient (Wildman–Crippen LogP) is 2.98. The van der Waals surface area contributed by atoms with Crippen molar-refractivity contribution in [2.45, 2.75) is 20.0 Å². The molecule has 19 heavy (non-hydrogen) atoms. The number of nitrogens with one attached hydrogen (secondary N) is 1. The predicted molar refractivity (Wildman–Crippen MR) is 75.9 cm³/mol. The van der Waals surface area contributed by atoms with Gasteiger partial charge >= 0.3 is 0 Å². The highest BCUT2D eigenvalue weighted by Crippen LogP contribution is 2.17. The summed E-state index contributed by atoms with van der Waals surface area (Å²) in [6, 6.07) is 14.7. The molecule has 0 aliphatic rings. The second-order valence-electron chi connectivity index (χ2n) is 4.67. The summed E-state index contributed by atoms with van der Waals surface area (Å²) in [5.41, 5.74) is 3.43. The first-order chi connectivity index (χ1) is 9.06. The Kier molecular flexibility index (Phi) is 3.97. The molecule has 0 heterocycles. The molecule has 3 heteroatoms. The van der Waals surface area contributed by atoms with Gasteiger partial charge in [-0.3, -0.25) is 4.79 Å². The molecule has 0 aliphatic heterocycles. The molecule has 0 fully saturated rings. The highest BCUT2D eigenvalue weighted by atomic mass is 16.3. The summed E-state index contributed by atoms with van der Waals surface area (Å²) >= 11 is 0. The number of aryl methyl sites for hydroxylation is 2. The zero-order valence-electron chi connectivity index (χ0n) is 11.1. The SMILES string of the molecule is Cc1ccc(C(O)C(=O)Nc2cccc(C)c2)cc1. The molecular formula is C16H17NO2. The Morgan fingerprint density at radius 1 is 1.05 bits per heavy atom. The van der Waals surface area contributed by atoms with Crippen LogP contribution in [0.15, 0.2) is 48.5 Å². The topological polar surface area (TPSA) is 49.3 Å². The maximum atomic E-state index is 11.9. The second kappa shape index (κ2) is 5.67. The van der Waals surface area contributed by atoms with Gasteiger partial charge in [0.2, 0.25) is 0 Å². The van der Waals surface area contributed by atoms with E-state index in [2.05, 4.69) is 5.32 Å². The smallest absolute Gasteiger partial charge is 0.257 e. The number of hydrogen-bond acceptors (Lipinski definition) is 2. The normalized spacial score (nSPS) is 11.9. The quantitative estimate of drug-likeness (QED) is 0.885. The summed E-state index contributed by atoms with van der Waals surface area (Å²) in [4.78, 5) is 11.9. The lowest BCUT2D eigenvalue weighted by Crippen LogP contribution is -2.20. The first-order valence-corrected chi connectivity index (χ1v) is 6.18. The minimum atomic E-state index is -1.15. The van der Waals surface area contributed by atoms with Crippen molar-refractivity contribution in [3.8, 4) is 0 Å². The third-order valence-corrected chi connectivity index (χ3v) is 2.93. The number of carbonyl (C=O) groups excluding carboxylic acids is 1. The molecule has 2 rings (SSSR count). The van der Waals surface area contributed by atoms with Gasteiger partial charge in [0.1, 0.15) is 0 Å². The number of benzene rings is 2. The van der Waals surface area contributed by atoms with E-state index in [1.165, 1.54) is 0 Å². The number of hydrogen-bond donors (Lipinski definition) is 2. The lowest BCUT2D eigenvalue weighted by atomic mass is 10.1. The number of rotatable bonds is 3. The largest absolute Gasteiger partial charge is 0.378 e. The standard InChI is InChI=1S/C16H17NO2/c1-11-6-8-13(9-7-11)15(18)16(19)17-14-5-3-4-12(2)10-14/h3-10,15,18H,1-2H3,(H,17,19). The average Bonchev–Trinajstić information content (AvgIpc) is 2.39. The van der Waals surface area contributed by atoms with Gasteiger partial charge in [0.05, 0.1) is 0 Å². The Labute approximate surface area is 112 Å². The van der Waals surface area contributed by atoms with Crippen LogP contribution in [-0.4, -0.2) is 11.0 Å². The molecule has 2 aromatic rings. The first-order valence-electron chi connectivity index (χ1n) is 6.18. The fourth-order valence-corrected chi connectivity index (χ4v) is 1.83. The molecule has 1 unspecified atom stereocenters. The van der Waals surface area contributed by atoms with Crippen molar-refractivity contribution in [3.05, 3.63) is 65.2 Å². The van der Waals surface area contributed by atoms with Gasteiger partial charge in [0.15, 0.2) is 6.10 Å². The van der Waals surface area contributed by atoms with Gasteiger partial charge in [0, 0.05) is 5.69 Å². The lowest BCUT2D eigenvalue weighted by Gasteiger charge is -2.12. The van der Waals surface area contributed by atoms with Gasteiger partial charge in [0.25, 0.3) is 5.91 Å². The summed E-state index contributed by atoms with van der Waals surface area (Å²) in [6.07, 6.45) is -1.15. The lowest BCUT2D eigenvalue weighted by molar-refractivity contribution is -0.124. The Balaban J connectivity index is 2.09. The molecule has 3 nitrogen and oxygen atoms in total. The van der Waals surface area contributed by atoms with Crippen molar-refractivity contribution < 1.29 is 9.90 Å². The fraction of sp³-hybridized carbons (Fsp3) is 0.188. The van der Waals surface area contributed by atoms with Crippen molar-refractivity contribution >= 4 is 11.6 Å². The number of aliphatic hydroxyl groups is 1. The third kappa shape index (κ3) is 3.42. The first kappa shape index (κ1) is 13.3. The van der Waals surface area contributed by atoms with E-state index in [1.807, 2.05) is 44.2 Å². The van der Waals surface area contributed by atoms with E-state index in [0.717, 1.165) is 11.1 Å². The molecule has 0 aromatic heterocycles. The van der Waals surface area contributed by atoms with Gasteiger partial charge in [-0.05, 0) is 37.1 Å². The molecule has 0 bridgehead atoms. The van der Waals surface area contributed by atoms with Crippen LogP contribution in [0.25, 0.3) is 0 Å². The molecule has 98 valence electrons. The molecule has 2 N–H and O–H groups in total.